The molecular formula is C17H24N6O. The highest BCUT2D eigenvalue weighted by atomic mass is 16.5. The topological polar surface area (TPSA) is 67.3 Å². The molecule has 2 aromatic rings. The molecule has 24 heavy (non-hydrogen) atoms. The van der Waals surface area contributed by atoms with Gasteiger partial charge >= 0.3 is 0 Å². The fourth-order valence-corrected chi connectivity index (χ4v) is 2.60. The predicted molar refractivity (Wildman–Crippen MR) is 93.6 cm³/mol. The summed E-state index contributed by atoms with van der Waals surface area (Å²) in [6.45, 7) is 10.4. The van der Waals surface area contributed by atoms with Crippen LogP contribution in [0.4, 0.5) is 11.6 Å². The third-order valence-electron chi connectivity index (χ3n) is 3.85. The third kappa shape index (κ3) is 4.10. The van der Waals surface area contributed by atoms with Crippen LogP contribution >= 0.6 is 0 Å². The van der Waals surface area contributed by atoms with Crippen molar-refractivity contribution < 1.29 is 4.74 Å². The van der Waals surface area contributed by atoms with E-state index in [0.29, 0.717) is 18.4 Å². The lowest BCUT2D eigenvalue weighted by Crippen LogP contribution is -2.47. The Morgan fingerprint density at radius 1 is 1.04 bits per heavy atom. The van der Waals surface area contributed by atoms with Gasteiger partial charge in [-0.1, -0.05) is 13.8 Å². The number of ether oxygens (including phenoxy) is 1. The van der Waals surface area contributed by atoms with E-state index in [9.17, 15) is 0 Å². The summed E-state index contributed by atoms with van der Waals surface area (Å²) in [6.07, 6.45) is 5.28. The quantitative estimate of drug-likeness (QED) is 0.831. The van der Waals surface area contributed by atoms with Crippen LogP contribution in [0.3, 0.4) is 0 Å². The second-order valence-corrected chi connectivity index (χ2v) is 6.36. The van der Waals surface area contributed by atoms with Crippen LogP contribution in [0, 0.1) is 12.8 Å². The molecule has 1 aliphatic heterocycles. The van der Waals surface area contributed by atoms with Gasteiger partial charge in [0.15, 0.2) is 5.82 Å². The van der Waals surface area contributed by atoms with Gasteiger partial charge in [0, 0.05) is 32.4 Å². The summed E-state index contributed by atoms with van der Waals surface area (Å²) in [5.41, 5.74) is 0. The van der Waals surface area contributed by atoms with E-state index < -0.39 is 0 Å². The van der Waals surface area contributed by atoms with Gasteiger partial charge < -0.3 is 14.5 Å². The van der Waals surface area contributed by atoms with E-state index in [2.05, 4.69) is 43.6 Å². The number of hydrogen-bond donors (Lipinski definition) is 0. The van der Waals surface area contributed by atoms with E-state index in [4.69, 9.17) is 4.74 Å². The Labute approximate surface area is 142 Å². The molecule has 3 heterocycles. The molecule has 0 unspecified atom stereocenters. The van der Waals surface area contributed by atoms with Gasteiger partial charge in [-0.15, -0.1) is 0 Å². The van der Waals surface area contributed by atoms with E-state index in [1.165, 1.54) is 0 Å². The first kappa shape index (κ1) is 16.4. The molecular weight excluding hydrogens is 304 g/mol. The zero-order valence-electron chi connectivity index (χ0n) is 14.5. The second kappa shape index (κ2) is 7.42. The largest absolute Gasteiger partial charge is 0.476 e. The van der Waals surface area contributed by atoms with E-state index in [-0.39, 0.29) is 0 Å². The maximum absolute atomic E-state index is 5.67. The Bertz CT molecular complexity index is 670. The standard InChI is InChI=1S/C17H24N6O/c1-13(2)12-24-17-11-18-10-16(21-17)23-8-6-22(7-9-23)15-4-5-19-14(3)20-15/h4-5,10-11,13H,6-9,12H2,1-3H3. The lowest BCUT2D eigenvalue weighted by atomic mass is 10.2. The maximum atomic E-state index is 5.67. The zero-order valence-corrected chi connectivity index (χ0v) is 14.5. The lowest BCUT2D eigenvalue weighted by Gasteiger charge is -2.35. The summed E-state index contributed by atoms with van der Waals surface area (Å²) in [6, 6.07) is 1.96. The van der Waals surface area contributed by atoms with Crippen LogP contribution in [0.5, 0.6) is 5.88 Å². The molecule has 3 rings (SSSR count). The summed E-state index contributed by atoms with van der Waals surface area (Å²) in [5.74, 6) is 3.72. The Morgan fingerprint density at radius 3 is 2.42 bits per heavy atom. The predicted octanol–water partition coefficient (Wildman–Crippen LogP) is 1.94. The number of piperazine rings is 1. The molecule has 0 spiro atoms. The molecule has 0 aliphatic carbocycles. The summed E-state index contributed by atoms with van der Waals surface area (Å²) < 4.78 is 5.67. The number of aromatic nitrogens is 4. The number of nitrogens with zero attached hydrogens (tertiary/aromatic N) is 6. The van der Waals surface area contributed by atoms with Gasteiger partial charge in [-0.25, -0.2) is 9.97 Å². The molecule has 1 saturated heterocycles. The summed E-state index contributed by atoms with van der Waals surface area (Å²) in [4.78, 5) is 22.0. The lowest BCUT2D eigenvalue weighted by molar-refractivity contribution is 0.260. The minimum atomic E-state index is 0.468. The van der Waals surface area contributed by atoms with Crippen LogP contribution in [-0.4, -0.2) is 52.7 Å². The minimum Gasteiger partial charge on any atom is -0.476 e. The van der Waals surface area contributed by atoms with Gasteiger partial charge in [0.2, 0.25) is 5.88 Å². The van der Waals surface area contributed by atoms with E-state index in [1.807, 2.05) is 19.2 Å². The van der Waals surface area contributed by atoms with Gasteiger partial charge in [-0.05, 0) is 18.9 Å². The number of rotatable bonds is 5. The van der Waals surface area contributed by atoms with Gasteiger partial charge in [0.1, 0.15) is 11.6 Å². The van der Waals surface area contributed by atoms with E-state index in [1.54, 1.807) is 12.4 Å². The molecule has 7 heteroatoms. The molecule has 0 radical (unpaired) electrons. The highest BCUT2D eigenvalue weighted by Crippen LogP contribution is 2.19. The maximum Gasteiger partial charge on any atom is 0.234 e. The summed E-state index contributed by atoms with van der Waals surface area (Å²) in [5, 5.41) is 0. The fourth-order valence-electron chi connectivity index (χ4n) is 2.60. The Kier molecular flexibility index (Phi) is 5.08. The molecule has 0 aromatic carbocycles. The van der Waals surface area contributed by atoms with E-state index in [0.717, 1.165) is 43.6 Å². The number of hydrogen-bond acceptors (Lipinski definition) is 7. The van der Waals surface area contributed by atoms with Crippen LogP contribution in [-0.2, 0) is 0 Å². The summed E-state index contributed by atoms with van der Waals surface area (Å²) in [7, 11) is 0. The molecule has 1 fully saturated rings. The molecule has 7 nitrogen and oxygen atoms in total. The van der Waals surface area contributed by atoms with Gasteiger partial charge in [0.25, 0.3) is 0 Å². The smallest absolute Gasteiger partial charge is 0.234 e. The van der Waals surface area contributed by atoms with Crippen molar-refractivity contribution in [2.45, 2.75) is 20.8 Å². The highest BCUT2D eigenvalue weighted by Gasteiger charge is 2.20. The molecule has 0 bridgehead atoms. The van der Waals surface area contributed by atoms with Crippen LogP contribution in [0.1, 0.15) is 19.7 Å². The minimum absolute atomic E-state index is 0.468. The number of aryl methyl sites for hydroxylation is 1. The van der Waals surface area contributed by atoms with E-state index >= 15 is 0 Å². The van der Waals surface area contributed by atoms with Crippen molar-refractivity contribution in [2.24, 2.45) is 5.92 Å². The van der Waals surface area contributed by atoms with Crippen molar-refractivity contribution in [3.05, 3.63) is 30.5 Å². The van der Waals surface area contributed by atoms with Crippen LogP contribution in [0.2, 0.25) is 0 Å². The Morgan fingerprint density at radius 2 is 1.75 bits per heavy atom. The second-order valence-electron chi connectivity index (χ2n) is 6.36. The van der Waals surface area contributed by atoms with Gasteiger partial charge in [-0.3, -0.25) is 4.98 Å². The van der Waals surface area contributed by atoms with Crippen molar-refractivity contribution in [3.63, 3.8) is 0 Å². The molecule has 0 atom stereocenters. The van der Waals surface area contributed by atoms with Gasteiger partial charge in [-0.2, -0.15) is 4.98 Å². The SMILES string of the molecule is Cc1nccc(N2CCN(c3cncc(OCC(C)C)n3)CC2)n1. The number of anilines is 2. The monoisotopic (exact) mass is 328 g/mol. The van der Waals surface area contributed by atoms with Gasteiger partial charge in [0.05, 0.1) is 19.0 Å². The normalized spacial score (nSPS) is 15.0. The average Bonchev–Trinajstić information content (AvgIpc) is 2.60. The Hall–Kier alpha value is -2.44. The Balaban J connectivity index is 1.61. The van der Waals surface area contributed by atoms with Crippen molar-refractivity contribution in [1.82, 2.24) is 19.9 Å². The van der Waals surface area contributed by atoms with Crippen molar-refractivity contribution in [2.75, 3.05) is 42.6 Å². The average molecular weight is 328 g/mol. The van der Waals surface area contributed by atoms with Crippen LogP contribution in [0.25, 0.3) is 0 Å². The first-order valence-corrected chi connectivity index (χ1v) is 8.36. The van der Waals surface area contributed by atoms with Crippen LogP contribution < -0.4 is 14.5 Å². The molecule has 0 amide bonds. The first-order valence-electron chi connectivity index (χ1n) is 8.36. The highest BCUT2D eigenvalue weighted by molar-refractivity contribution is 5.44. The summed E-state index contributed by atoms with van der Waals surface area (Å²) >= 11 is 0. The van der Waals surface area contributed by atoms with Crippen molar-refractivity contribution >= 4 is 11.6 Å². The van der Waals surface area contributed by atoms with Crippen LogP contribution in [0.15, 0.2) is 24.7 Å². The molecule has 2 aromatic heterocycles. The molecule has 0 N–H and O–H groups in total. The third-order valence-corrected chi connectivity index (χ3v) is 3.85. The first-order chi connectivity index (χ1) is 11.6. The molecule has 0 saturated carbocycles. The fraction of sp³-hybridized carbons (Fsp3) is 0.529. The van der Waals surface area contributed by atoms with Crippen molar-refractivity contribution in [3.8, 4) is 5.88 Å². The molecule has 1 aliphatic rings. The zero-order chi connectivity index (χ0) is 16.9. The van der Waals surface area contributed by atoms with Crippen molar-refractivity contribution in [1.29, 1.82) is 0 Å². The molecule has 128 valence electrons.